The zero-order chi connectivity index (χ0) is 15.1. The molecular weight excluding hydrogens is 280 g/mol. The molecule has 0 radical (unpaired) electrons. The van der Waals surface area contributed by atoms with Crippen molar-refractivity contribution in [2.75, 3.05) is 17.0 Å². The van der Waals surface area contributed by atoms with Crippen molar-refractivity contribution in [3.8, 4) is 11.5 Å². The summed E-state index contributed by atoms with van der Waals surface area (Å²) in [6, 6.07) is 13.4. The largest absolute Gasteiger partial charge is 0.454 e. The van der Waals surface area contributed by atoms with Gasteiger partial charge in [0.15, 0.2) is 11.5 Å². The van der Waals surface area contributed by atoms with Crippen LogP contribution in [-0.2, 0) is 6.42 Å². The van der Waals surface area contributed by atoms with E-state index in [1.165, 1.54) is 5.56 Å². The minimum atomic E-state index is -0.128. The van der Waals surface area contributed by atoms with Crippen LogP contribution in [0.25, 0.3) is 0 Å². The van der Waals surface area contributed by atoms with E-state index in [0.717, 1.165) is 12.1 Å². The predicted octanol–water partition coefficient (Wildman–Crippen LogP) is 3.40. The first-order chi connectivity index (χ1) is 10.7. The number of hydrogen-bond acceptors (Lipinski definition) is 3. The van der Waals surface area contributed by atoms with Crippen LogP contribution < -0.4 is 19.7 Å². The molecule has 5 nitrogen and oxygen atoms in total. The van der Waals surface area contributed by atoms with E-state index in [1.54, 1.807) is 17.0 Å². The van der Waals surface area contributed by atoms with E-state index in [-0.39, 0.29) is 18.9 Å². The summed E-state index contributed by atoms with van der Waals surface area (Å²) in [6.07, 6.45) is 0.880. The number of carbonyl (C=O) groups is 1. The summed E-state index contributed by atoms with van der Waals surface area (Å²) in [5, 5.41) is 2.94. The van der Waals surface area contributed by atoms with Crippen molar-refractivity contribution < 1.29 is 14.3 Å². The fraction of sp³-hybridized carbons (Fsp3) is 0.235. The predicted molar refractivity (Wildman–Crippen MR) is 83.7 cm³/mol. The van der Waals surface area contributed by atoms with Crippen LogP contribution in [0, 0.1) is 0 Å². The molecule has 0 unspecified atom stereocenters. The van der Waals surface area contributed by atoms with Crippen LogP contribution in [0.15, 0.2) is 42.5 Å². The van der Waals surface area contributed by atoms with Crippen LogP contribution in [0.4, 0.5) is 16.2 Å². The smallest absolute Gasteiger partial charge is 0.326 e. The van der Waals surface area contributed by atoms with Crippen molar-refractivity contribution in [1.29, 1.82) is 0 Å². The lowest BCUT2D eigenvalue weighted by atomic mass is 10.1. The summed E-state index contributed by atoms with van der Waals surface area (Å²) < 4.78 is 10.6. The monoisotopic (exact) mass is 296 g/mol. The fourth-order valence-electron chi connectivity index (χ4n) is 3.03. The molecule has 5 heteroatoms. The summed E-state index contributed by atoms with van der Waals surface area (Å²) in [4.78, 5) is 14.4. The number of anilines is 2. The number of urea groups is 1. The summed E-state index contributed by atoms with van der Waals surface area (Å²) in [5.74, 6) is 1.37. The zero-order valence-electron chi connectivity index (χ0n) is 12.2. The maximum absolute atomic E-state index is 12.6. The summed E-state index contributed by atoms with van der Waals surface area (Å²) in [7, 11) is 0. The number of carbonyl (C=O) groups excluding carboxylic acids is 1. The Kier molecular flexibility index (Phi) is 2.92. The molecule has 2 aromatic carbocycles. The number of fused-ring (bicyclic) bond motifs is 2. The Morgan fingerprint density at radius 1 is 1.18 bits per heavy atom. The number of nitrogens with zero attached hydrogens (tertiary/aromatic N) is 1. The highest BCUT2D eigenvalue weighted by molar-refractivity contribution is 6.03. The van der Waals surface area contributed by atoms with E-state index in [0.29, 0.717) is 17.2 Å². The summed E-state index contributed by atoms with van der Waals surface area (Å²) in [6.45, 7) is 2.28. The van der Waals surface area contributed by atoms with Crippen LogP contribution in [0.1, 0.15) is 12.5 Å². The number of ether oxygens (including phenoxy) is 2. The molecule has 0 saturated carbocycles. The molecule has 0 saturated heterocycles. The highest BCUT2D eigenvalue weighted by Crippen LogP contribution is 2.35. The van der Waals surface area contributed by atoms with Crippen molar-refractivity contribution in [1.82, 2.24) is 0 Å². The molecule has 2 aromatic rings. The minimum absolute atomic E-state index is 0.128. The van der Waals surface area contributed by atoms with Crippen LogP contribution in [0.3, 0.4) is 0 Å². The van der Waals surface area contributed by atoms with E-state index in [1.807, 2.05) is 24.3 Å². The van der Waals surface area contributed by atoms with Gasteiger partial charge in [-0.3, -0.25) is 4.90 Å². The second-order valence-electron chi connectivity index (χ2n) is 5.55. The maximum atomic E-state index is 12.6. The highest BCUT2D eigenvalue weighted by atomic mass is 16.7. The Hall–Kier alpha value is -2.69. The molecule has 2 amide bonds. The molecule has 112 valence electrons. The number of hydrogen-bond donors (Lipinski definition) is 1. The van der Waals surface area contributed by atoms with Crippen LogP contribution in [-0.4, -0.2) is 18.9 Å². The first-order valence-electron chi connectivity index (χ1n) is 7.30. The standard InChI is InChI=1S/C17H16N2O3/c1-11-8-12-4-2-3-5-14(12)19(11)17(20)18-13-6-7-15-16(9-13)22-10-21-15/h2-7,9,11H,8,10H2,1H3,(H,18,20)/t11-/m1/s1. The lowest BCUT2D eigenvalue weighted by Crippen LogP contribution is -2.39. The highest BCUT2D eigenvalue weighted by Gasteiger charge is 2.30. The Balaban J connectivity index is 1.58. The SMILES string of the molecule is C[C@@H]1Cc2ccccc2N1C(=O)Nc1ccc2c(c1)OCO2. The number of nitrogens with one attached hydrogen (secondary N) is 1. The molecule has 1 atom stereocenters. The lowest BCUT2D eigenvalue weighted by Gasteiger charge is -2.23. The van der Waals surface area contributed by atoms with Gasteiger partial charge in [-0.25, -0.2) is 4.79 Å². The third-order valence-electron chi connectivity index (χ3n) is 4.05. The van der Waals surface area contributed by atoms with Crippen molar-refractivity contribution in [3.05, 3.63) is 48.0 Å². The molecule has 0 fully saturated rings. The van der Waals surface area contributed by atoms with Gasteiger partial charge in [-0.05, 0) is 37.1 Å². The van der Waals surface area contributed by atoms with Gasteiger partial charge in [-0.2, -0.15) is 0 Å². The minimum Gasteiger partial charge on any atom is -0.454 e. The van der Waals surface area contributed by atoms with Gasteiger partial charge < -0.3 is 14.8 Å². The van der Waals surface area contributed by atoms with E-state index >= 15 is 0 Å². The van der Waals surface area contributed by atoms with Gasteiger partial charge in [-0.1, -0.05) is 18.2 Å². The second kappa shape index (κ2) is 4.94. The zero-order valence-corrected chi connectivity index (χ0v) is 12.2. The lowest BCUT2D eigenvalue weighted by molar-refractivity contribution is 0.174. The average molecular weight is 296 g/mol. The molecule has 2 aliphatic heterocycles. The van der Waals surface area contributed by atoms with E-state index in [2.05, 4.69) is 18.3 Å². The molecule has 4 rings (SSSR count). The third-order valence-corrected chi connectivity index (χ3v) is 4.05. The molecule has 2 heterocycles. The van der Waals surface area contributed by atoms with Crippen molar-refractivity contribution in [2.45, 2.75) is 19.4 Å². The van der Waals surface area contributed by atoms with Gasteiger partial charge >= 0.3 is 6.03 Å². The van der Waals surface area contributed by atoms with E-state index in [4.69, 9.17) is 9.47 Å². The molecule has 2 aliphatic rings. The molecule has 0 spiro atoms. The topological polar surface area (TPSA) is 50.8 Å². The number of para-hydroxylation sites is 1. The van der Waals surface area contributed by atoms with Crippen LogP contribution >= 0.6 is 0 Å². The Labute approximate surface area is 128 Å². The number of amides is 2. The fourth-order valence-corrected chi connectivity index (χ4v) is 3.03. The van der Waals surface area contributed by atoms with Crippen LogP contribution in [0.5, 0.6) is 11.5 Å². The van der Waals surface area contributed by atoms with Gasteiger partial charge in [0, 0.05) is 23.5 Å². The Morgan fingerprint density at radius 2 is 2.00 bits per heavy atom. The van der Waals surface area contributed by atoms with Gasteiger partial charge in [0.05, 0.1) is 0 Å². The van der Waals surface area contributed by atoms with Crippen molar-refractivity contribution in [2.24, 2.45) is 0 Å². The first-order valence-corrected chi connectivity index (χ1v) is 7.30. The Bertz CT molecular complexity index is 744. The van der Waals surface area contributed by atoms with Gasteiger partial charge in [-0.15, -0.1) is 0 Å². The van der Waals surface area contributed by atoms with Gasteiger partial charge in [0.25, 0.3) is 0 Å². The molecular formula is C17H16N2O3. The summed E-state index contributed by atoms with van der Waals surface area (Å²) >= 11 is 0. The van der Waals surface area contributed by atoms with Crippen molar-refractivity contribution >= 4 is 17.4 Å². The maximum Gasteiger partial charge on any atom is 0.326 e. The molecule has 0 aliphatic carbocycles. The molecule has 1 N–H and O–H groups in total. The normalized spacial score (nSPS) is 18.2. The van der Waals surface area contributed by atoms with Gasteiger partial charge in [0.1, 0.15) is 0 Å². The number of benzene rings is 2. The van der Waals surface area contributed by atoms with Crippen LogP contribution in [0.2, 0.25) is 0 Å². The Morgan fingerprint density at radius 3 is 2.91 bits per heavy atom. The second-order valence-corrected chi connectivity index (χ2v) is 5.55. The quantitative estimate of drug-likeness (QED) is 0.877. The van der Waals surface area contributed by atoms with Gasteiger partial charge in [0.2, 0.25) is 6.79 Å². The molecule has 0 aromatic heterocycles. The van der Waals surface area contributed by atoms with Crippen molar-refractivity contribution in [3.63, 3.8) is 0 Å². The molecule has 22 heavy (non-hydrogen) atoms. The van der Waals surface area contributed by atoms with E-state index < -0.39 is 0 Å². The summed E-state index contributed by atoms with van der Waals surface area (Å²) in [5.41, 5.74) is 2.88. The average Bonchev–Trinajstić information content (AvgIpc) is 3.09. The molecule has 0 bridgehead atoms. The first kappa shape index (κ1) is 13.0. The third kappa shape index (κ3) is 2.06. The van der Waals surface area contributed by atoms with E-state index in [9.17, 15) is 4.79 Å². The number of rotatable bonds is 1.